The summed E-state index contributed by atoms with van der Waals surface area (Å²) in [6.45, 7) is 2.95. The summed E-state index contributed by atoms with van der Waals surface area (Å²) in [5.74, 6) is -0.622. The number of ether oxygens (including phenoxy) is 1. The van der Waals surface area contributed by atoms with Crippen molar-refractivity contribution in [3.8, 4) is 0 Å². The number of aromatic amines is 1. The van der Waals surface area contributed by atoms with Gasteiger partial charge in [0.05, 0.1) is 17.7 Å². The average molecular weight is 236 g/mol. The Labute approximate surface area is 99.5 Å². The van der Waals surface area contributed by atoms with Gasteiger partial charge in [0.2, 0.25) is 0 Å². The standard InChI is InChI=1S/C12H16N2O3/c1-2-6-17-12(16)8-7-14-9-4-3-5-13-11(15)10(8)9/h7,14H,2-6H2,1H3,(H,13,15). The van der Waals surface area contributed by atoms with Crippen LogP contribution in [0.2, 0.25) is 0 Å². The molecule has 0 atom stereocenters. The molecule has 0 radical (unpaired) electrons. The zero-order valence-corrected chi connectivity index (χ0v) is 9.84. The summed E-state index contributed by atoms with van der Waals surface area (Å²) < 4.78 is 5.05. The molecule has 0 unspecified atom stereocenters. The van der Waals surface area contributed by atoms with Gasteiger partial charge in [-0.05, 0) is 19.3 Å². The molecule has 1 aromatic heterocycles. The number of amides is 1. The average Bonchev–Trinajstić information content (AvgIpc) is 2.67. The van der Waals surface area contributed by atoms with Gasteiger partial charge in [-0.1, -0.05) is 6.92 Å². The van der Waals surface area contributed by atoms with E-state index in [0.29, 0.717) is 24.3 Å². The predicted octanol–water partition coefficient (Wildman–Crippen LogP) is 1.26. The third kappa shape index (κ3) is 2.33. The van der Waals surface area contributed by atoms with Crippen LogP contribution in [0.3, 0.4) is 0 Å². The Kier molecular flexibility index (Phi) is 3.46. The number of carbonyl (C=O) groups is 2. The van der Waals surface area contributed by atoms with Crippen LogP contribution in [0.1, 0.15) is 46.2 Å². The third-order valence-corrected chi connectivity index (χ3v) is 2.74. The number of aryl methyl sites for hydroxylation is 1. The van der Waals surface area contributed by atoms with Crippen molar-refractivity contribution < 1.29 is 14.3 Å². The molecule has 0 spiro atoms. The number of nitrogens with one attached hydrogen (secondary N) is 2. The Hall–Kier alpha value is -1.78. The Morgan fingerprint density at radius 3 is 3.12 bits per heavy atom. The Morgan fingerprint density at radius 1 is 1.53 bits per heavy atom. The molecule has 1 aliphatic heterocycles. The lowest BCUT2D eigenvalue weighted by Gasteiger charge is -2.04. The summed E-state index contributed by atoms with van der Waals surface area (Å²) in [7, 11) is 0. The molecule has 1 aromatic rings. The fourth-order valence-electron chi connectivity index (χ4n) is 1.91. The lowest BCUT2D eigenvalue weighted by molar-refractivity contribution is 0.0502. The van der Waals surface area contributed by atoms with E-state index in [2.05, 4.69) is 10.3 Å². The maximum atomic E-state index is 11.8. The second-order valence-electron chi connectivity index (χ2n) is 4.05. The molecule has 0 saturated carbocycles. The van der Waals surface area contributed by atoms with Crippen molar-refractivity contribution in [2.45, 2.75) is 26.2 Å². The molecule has 17 heavy (non-hydrogen) atoms. The first kappa shape index (κ1) is 11.7. The number of hydrogen-bond acceptors (Lipinski definition) is 3. The molecule has 2 heterocycles. The van der Waals surface area contributed by atoms with Gasteiger partial charge in [0.1, 0.15) is 0 Å². The maximum Gasteiger partial charge on any atom is 0.340 e. The monoisotopic (exact) mass is 236 g/mol. The second-order valence-corrected chi connectivity index (χ2v) is 4.05. The highest BCUT2D eigenvalue weighted by Crippen LogP contribution is 2.19. The number of H-pyrrole nitrogens is 1. The van der Waals surface area contributed by atoms with E-state index >= 15 is 0 Å². The van der Waals surface area contributed by atoms with E-state index in [1.165, 1.54) is 0 Å². The Morgan fingerprint density at radius 2 is 2.35 bits per heavy atom. The van der Waals surface area contributed by atoms with E-state index in [9.17, 15) is 9.59 Å². The lowest BCUT2D eigenvalue weighted by Crippen LogP contribution is -2.24. The van der Waals surface area contributed by atoms with Gasteiger partial charge in [-0.15, -0.1) is 0 Å². The second kappa shape index (κ2) is 5.03. The van der Waals surface area contributed by atoms with E-state index in [1.807, 2.05) is 6.92 Å². The van der Waals surface area contributed by atoms with E-state index in [1.54, 1.807) is 6.20 Å². The van der Waals surface area contributed by atoms with Crippen LogP contribution in [0, 0.1) is 0 Å². The highest BCUT2D eigenvalue weighted by molar-refractivity contribution is 6.06. The molecule has 1 aliphatic rings. The molecular weight excluding hydrogens is 220 g/mol. The normalized spacial score (nSPS) is 14.8. The first-order chi connectivity index (χ1) is 8.24. The van der Waals surface area contributed by atoms with Crippen molar-refractivity contribution in [1.82, 2.24) is 10.3 Å². The highest BCUT2D eigenvalue weighted by Gasteiger charge is 2.25. The van der Waals surface area contributed by atoms with Crippen molar-refractivity contribution in [2.75, 3.05) is 13.2 Å². The minimum atomic E-state index is -0.429. The fraction of sp³-hybridized carbons (Fsp3) is 0.500. The molecule has 2 N–H and O–H groups in total. The first-order valence-electron chi connectivity index (χ1n) is 5.89. The van der Waals surface area contributed by atoms with Gasteiger partial charge >= 0.3 is 5.97 Å². The molecule has 1 amide bonds. The topological polar surface area (TPSA) is 71.2 Å². The van der Waals surface area contributed by atoms with Crippen LogP contribution in [-0.2, 0) is 11.2 Å². The SMILES string of the molecule is CCCOC(=O)c1c[nH]c2c1C(=O)NCCC2. The quantitative estimate of drug-likeness (QED) is 0.776. The summed E-state index contributed by atoms with van der Waals surface area (Å²) in [6.07, 6.45) is 3.98. The van der Waals surface area contributed by atoms with Crippen molar-refractivity contribution >= 4 is 11.9 Å². The zero-order chi connectivity index (χ0) is 12.3. The molecule has 92 valence electrons. The van der Waals surface area contributed by atoms with Crippen molar-refractivity contribution in [3.63, 3.8) is 0 Å². The van der Waals surface area contributed by atoms with Gasteiger partial charge in [-0.3, -0.25) is 4.79 Å². The van der Waals surface area contributed by atoms with Crippen LogP contribution in [-0.4, -0.2) is 30.0 Å². The van der Waals surface area contributed by atoms with Crippen LogP contribution in [0.15, 0.2) is 6.20 Å². The van der Waals surface area contributed by atoms with Gasteiger partial charge in [-0.25, -0.2) is 4.79 Å². The van der Waals surface area contributed by atoms with Crippen molar-refractivity contribution in [2.24, 2.45) is 0 Å². The van der Waals surface area contributed by atoms with E-state index < -0.39 is 5.97 Å². The molecule has 0 fully saturated rings. The van der Waals surface area contributed by atoms with Gasteiger partial charge in [0.15, 0.2) is 0 Å². The summed E-state index contributed by atoms with van der Waals surface area (Å²) in [5, 5.41) is 2.77. The number of carbonyl (C=O) groups excluding carboxylic acids is 2. The smallest absolute Gasteiger partial charge is 0.340 e. The van der Waals surface area contributed by atoms with E-state index in [-0.39, 0.29) is 5.91 Å². The van der Waals surface area contributed by atoms with Gasteiger partial charge in [0.25, 0.3) is 5.91 Å². The van der Waals surface area contributed by atoms with Crippen LogP contribution >= 0.6 is 0 Å². The molecule has 0 saturated heterocycles. The van der Waals surface area contributed by atoms with Crippen molar-refractivity contribution in [3.05, 3.63) is 23.0 Å². The van der Waals surface area contributed by atoms with E-state index in [4.69, 9.17) is 4.74 Å². The molecule has 0 aliphatic carbocycles. The number of esters is 1. The maximum absolute atomic E-state index is 11.8. The number of hydrogen-bond donors (Lipinski definition) is 2. The molecule has 5 nitrogen and oxygen atoms in total. The Balaban J connectivity index is 2.27. The van der Waals surface area contributed by atoms with Gasteiger partial charge in [-0.2, -0.15) is 0 Å². The van der Waals surface area contributed by atoms with Crippen molar-refractivity contribution in [1.29, 1.82) is 0 Å². The van der Waals surface area contributed by atoms with Gasteiger partial charge < -0.3 is 15.0 Å². The lowest BCUT2D eigenvalue weighted by atomic mass is 10.1. The summed E-state index contributed by atoms with van der Waals surface area (Å²) in [6, 6.07) is 0. The fourth-order valence-corrected chi connectivity index (χ4v) is 1.91. The molecule has 5 heteroatoms. The summed E-state index contributed by atoms with van der Waals surface area (Å²) >= 11 is 0. The molecular formula is C12H16N2O3. The van der Waals surface area contributed by atoms with Crippen LogP contribution in [0.4, 0.5) is 0 Å². The largest absolute Gasteiger partial charge is 0.462 e. The minimum absolute atomic E-state index is 0.192. The Bertz CT molecular complexity index is 437. The van der Waals surface area contributed by atoms with Crippen LogP contribution < -0.4 is 5.32 Å². The molecule has 0 aromatic carbocycles. The van der Waals surface area contributed by atoms with Crippen LogP contribution in [0.5, 0.6) is 0 Å². The van der Waals surface area contributed by atoms with E-state index in [0.717, 1.165) is 25.0 Å². The summed E-state index contributed by atoms with van der Waals surface area (Å²) in [5.41, 5.74) is 1.61. The van der Waals surface area contributed by atoms with Gasteiger partial charge in [0, 0.05) is 18.4 Å². The number of aromatic nitrogens is 1. The predicted molar refractivity (Wildman–Crippen MR) is 62.0 cm³/mol. The minimum Gasteiger partial charge on any atom is -0.462 e. The summed E-state index contributed by atoms with van der Waals surface area (Å²) in [4.78, 5) is 26.6. The first-order valence-corrected chi connectivity index (χ1v) is 5.89. The van der Waals surface area contributed by atoms with Crippen LogP contribution in [0.25, 0.3) is 0 Å². The highest BCUT2D eigenvalue weighted by atomic mass is 16.5. The zero-order valence-electron chi connectivity index (χ0n) is 9.84. The number of rotatable bonds is 3. The molecule has 0 bridgehead atoms. The number of fused-ring (bicyclic) bond motifs is 1. The third-order valence-electron chi connectivity index (χ3n) is 2.74. The molecule has 2 rings (SSSR count).